The van der Waals surface area contributed by atoms with Crippen molar-refractivity contribution in [2.24, 2.45) is 0 Å². The molecule has 0 aromatic heterocycles. The van der Waals surface area contributed by atoms with Gasteiger partial charge in [-0.05, 0) is 45.4 Å². The summed E-state index contributed by atoms with van der Waals surface area (Å²) in [6.07, 6.45) is -4.31. The second-order valence-corrected chi connectivity index (χ2v) is 6.53. The van der Waals surface area contributed by atoms with Crippen LogP contribution in [0.1, 0.15) is 51.6 Å². The standard InChI is InChI=1S/C15H20BF3O2/c1-10(16-20-13(2,3)14(4,5)21-16)11-6-8-12(9-7-11)15(17,18)19/h6-10H,1-5H3. The maximum atomic E-state index is 12.6. The molecule has 0 spiro atoms. The molecule has 1 atom stereocenters. The highest BCUT2D eigenvalue weighted by molar-refractivity contribution is 6.47. The average molecular weight is 300 g/mol. The smallest absolute Gasteiger partial charge is 0.403 e. The lowest BCUT2D eigenvalue weighted by molar-refractivity contribution is -0.137. The van der Waals surface area contributed by atoms with Crippen molar-refractivity contribution in [1.29, 1.82) is 0 Å². The fraction of sp³-hybridized carbons (Fsp3) is 0.600. The van der Waals surface area contributed by atoms with E-state index in [4.69, 9.17) is 9.31 Å². The summed E-state index contributed by atoms with van der Waals surface area (Å²) in [5.74, 6) is -0.145. The Morgan fingerprint density at radius 3 is 1.76 bits per heavy atom. The number of benzene rings is 1. The molecular formula is C15H20BF3O2. The number of halogens is 3. The zero-order valence-electron chi connectivity index (χ0n) is 12.9. The third-order valence-corrected chi connectivity index (χ3v) is 4.44. The minimum Gasteiger partial charge on any atom is -0.403 e. The first-order valence-electron chi connectivity index (χ1n) is 6.97. The van der Waals surface area contributed by atoms with Gasteiger partial charge in [0.15, 0.2) is 0 Å². The van der Waals surface area contributed by atoms with Gasteiger partial charge in [0.1, 0.15) is 0 Å². The zero-order valence-corrected chi connectivity index (χ0v) is 12.9. The van der Waals surface area contributed by atoms with Gasteiger partial charge in [-0.2, -0.15) is 13.2 Å². The van der Waals surface area contributed by atoms with E-state index in [1.54, 1.807) is 0 Å². The molecule has 1 aromatic rings. The number of rotatable bonds is 2. The van der Waals surface area contributed by atoms with Gasteiger partial charge < -0.3 is 9.31 Å². The Morgan fingerprint density at radius 2 is 1.38 bits per heavy atom. The average Bonchev–Trinajstić information content (AvgIpc) is 2.57. The van der Waals surface area contributed by atoms with E-state index in [1.165, 1.54) is 12.1 Å². The van der Waals surface area contributed by atoms with Crippen molar-refractivity contribution in [3.63, 3.8) is 0 Å². The first kappa shape index (κ1) is 16.4. The first-order chi connectivity index (χ1) is 9.44. The summed E-state index contributed by atoms with van der Waals surface area (Å²) in [4.78, 5) is 0. The molecule has 1 saturated heterocycles. The minimum absolute atomic E-state index is 0.145. The van der Waals surface area contributed by atoms with E-state index in [2.05, 4.69) is 0 Å². The quantitative estimate of drug-likeness (QED) is 0.752. The summed E-state index contributed by atoms with van der Waals surface area (Å²) in [6, 6.07) is 5.16. The molecule has 6 heteroatoms. The second kappa shape index (κ2) is 5.02. The molecule has 0 N–H and O–H groups in total. The molecule has 1 aliphatic rings. The van der Waals surface area contributed by atoms with E-state index in [-0.39, 0.29) is 5.82 Å². The van der Waals surface area contributed by atoms with Gasteiger partial charge in [-0.25, -0.2) is 0 Å². The lowest BCUT2D eigenvalue weighted by Crippen LogP contribution is -2.41. The minimum atomic E-state index is -4.31. The summed E-state index contributed by atoms with van der Waals surface area (Å²) >= 11 is 0. The Bertz CT molecular complexity index is 493. The Morgan fingerprint density at radius 1 is 0.952 bits per heavy atom. The van der Waals surface area contributed by atoms with Crippen LogP contribution in [0.5, 0.6) is 0 Å². The molecule has 1 aromatic carbocycles. The zero-order chi connectivity index (χ0) is 16.1. The van der Waals surface area contributed by atoms with Crippen LogP contribution in [0.4, 0.5) is 13.2 Å². The molecular weight excluding hydrogens is 280 g/mol. The summed E-state index contributed by atoms with van der Waals surface area (Å²) in [5.41, 5.74) is -0.774. The normalized spacial score (nSPS) is 22.4. The lowest BCUT2D eigenvalue weighted by Gasteiger charge is -2.32. The largest absolute Gasteiger partial charge is 0.465 e. The topological polar surface area (TPSA) is 18.5 Å². The Kier molecular flexibility index (Phi) is 3.91. The molecule has 2 rings (SSSR count). The van der Waals surface area contributed by atoms with Crippen LogP contribution in [-0.2, 0) is 15.5 Å². The molecule has 2 nitrogen and oxygen atoms in total. The fourth-order valence-corrected chi connectivity index (χ4v) is 2.23. The maximum absolute atomic E-state index is 12.6. The molecule has 0 amide bonds. The molecule has 1 heterocycles. The summed E-state index contributed by atoms with van der Waals surface area (Å²) in [5, 5.41) is 0. The third-order valence-electron chi connectivity index (χ3n) is 4.44. The van der Waals surface area contributed by atoms with Gasteiger partial charge in [0.25, 0.3) is 0 Å². The molecule has 0 bridgehead atoms. The van der Waals surface area contributed by atoms with Crippen LogP contribution in [0, 0.1) is 0 Å². The molecule has 21 heavy (non-hydrogen) atoms. The maximum Gasteiger partial charge on any atom is 0.465 e. The van der Waals surface area contributed by atoms with E-state index in [0.29, 0.717) is 0 Å². The molecule has 0 saturated carbocycles. The van der Waals surface area contributed by atoms with Gasteiger partial charge in [0.2, 0.25) is 0 Å². The Labute approximate surface area is 123 Å². The van der Waals surface area contributed by atoms with Gasteiger partial charge >= 0.3 is 13.3 Å². The van der Waals surface area contributed by atoms with E-state index in [0.717, 1.165) is 17.7 Å². The van der Waals surface area contributed by atoms with Crippen LogP contribution in [0.15, 0.2) is 24.3 Å². The van der Waals surface area contributed by atoms with Crippen LogP contribution in [0.2, 0.25) is 0 Å². The van der Waals surface area contributed by atoms with Crippen molar-refractivity contribution in [3.05, 3.63) is 35.4 Å². The van der Waals surface area contributed by atoms with Crippen molar-refractivity contribution in [2.75, 3.05) is 0 Å². The van der Waals surface area contributed by atoms with Crippen molar-refractivity contribution in [1.82, 2.24) is 0 Å². The number of hydrogen-bond donors (Lipinski definition) is 0. The SMILES string of the molecule is CC(B1OC(C)(C)C(C)(C)O1)c1ccc(C(F)(F)F)cc1. The van der Waals surface area contributed by atoms with Crippen LogP contribution in [0.25, 0.3) is 0 Å². The van der Waals surface area contributed by atoms with Gasteiger partial charge in [0, 0.05) is 5.82 Å². The van der Waals surface area contributed by atoms with E-state index in [1.807, 2.05) is 34.6 Å². The van der Waals surface area contributed by atoms with Crippen LogP contribution in [0.3, 0.4) is 0 Å². The summed E-state index contributed by atoms with van der Waals surface area (Å²) in [6.45, 7) is 9.70. The van der Waals surface area contributed by atoms with Gasteiger partial charge in [0.05, 0.1) is 16.8 Å². The van der Waals surface area contributed by atoms with Crippen molar-refractivity contribution < 1.29 is 22.5 Å². The van der Waals surface area contributed by atoms with Gasteiger partial charge in [-0.1, -0.05) is 19.1 Å². The molecule has 1 unspecified atom stereocenters. The Hall–Kier alpha value is -1.01. The second-order valence-electron chi connectivity index (χ2n) is 6.53. The van der Waals surface area contributed by atoms with Crippen LogP contribution >= 0.6 is 0 Å². The lowest BCUT2D eigenvalue weighted by atomic mass is 9.69. The highest BCUT2D eigenvalue weighted by atomic mass is 19.4. The highest BCUT2D eigenvalue weighted by Gasteiger charge is 2.53. The molecule has 0 aliphatic carbocycles. The van der Waals surface area contributed by atoms with Crippen molar-refractivity contribution in [3.8, 4) is 0 Å². The molecule has 1 fully saturated rings. The van der Waals surface area contributed by atoms with E-state index < -0.39 is 30.1 Å². The highest BCUT2D eigenvalue weighted by Crippen LogP contribution is 2.41. The van der Waals surface area contributed by atoms with E-state index >= 15 is 0 Å². The van der Waals surface area contributed by atoms with Crippen molar-refractivity contribution in [2.45, 2.75) is 57.8 Å². The molecule has 0 radical (unpaired) electrons. The number of alkyl halides is 3. The van der Waals surface area contributed by atoms with Crippen molar-refractivity contribution >= 4 is 7.12 Å². The summed E-state index contributed by atoms with van der Waals surface area (Å²) < 4.78 is 49.6. The predicted octanol–water partition coefficient (Wildman–Crippen LogP) is 4.44. The molecule has 1 aliphatic heterocycles. The summed E-state index contributed by atoms with van der Waals surface area (Å²) in [7, 11) is -0.466. The molecule has 116 valence electrons. The van der Waals surface area contributed by atoms with Gasteiger partial charge in [-0.3, -0.25) is 0 Å². The van der Waals surface area contributed by atoms with Gasteiger partial charge in [-0.15, -0.1) is 0 Å². The predicted molar refractivity (Wildman–Crippen MR) is 75.9 cm³/mol. The van der Waals surface area contributed by atoms with Crippen LogP contribution < -0.4 is 0 Å². The number of hydrogen-bond acceptors (Lipinski definition) is 2. The third kappa shape index (κ3) is 3.11. The fourth-order valence-electron chi connectivity index (χ4n) is 2.23. The van der Waals surface area contributed by atoms with E-state index in [9.17, 15) is 13.2 Å². The Balaban J connectivity index is 2.17. The van der Waals surface area contributed by atoms with Crippen LogP contribution in [-0.4, -0.2) is 18.3 Å². The first-order valence-corrected chi connectivity index (χ1v) is 6.97. The monoisotopic (exact) mass is 300 g/mol.